The first kappa shape index (κ1) is 92.6. The Morgan fingerprint density at radius 3 is 1.42 bits per heavy atom. The third kappa shape index (κ3) is 34.7. The Balaban J connectivity index is 0.000000296. The van der Waals surface area contributed by atoms with Gasteiger partial charge in [0.05, 0.1) is 63.0 Å². The van der Waals surface area contributed by atoms with Crippen molar-refractivity contribution >= 4 is 56.7 Å². The summed E-state index contributed by atoms with van der Waals surface area (Å²) in [5.41, 5.74) is 2.99. The maximum absolute atomic E-state index is 13.8. The Kier molecular flexibility index (Phi) is 40.4. The van der Waals surface area contributed by atoms with E-state index >= 15 is 0 Å². The van der Waals surface area contributed by atoms with Gasteiger partial charge in [-0.1, -0.05) is 52.0 Å². The predicted octanol–water partition coefficient (Wildman–Crippen LogP) is 10.6. The molecule has 11 N–H and O–H groups in total. The molecular formula is C79H109F6IN10O13S. The van der Waals surface area contributed by atoms with E-state index in [9.17, 15) is 69.3 Å². The second kappa shape index (κ2) is 48.0. The number of benzene rings is 6. The normalized spacial score (nSPS) is 14.2. The maximum Gasteiger partial charge on any atom is 0.407 e. The molecule has 1 heterocycles. The number of carbonyl (C=O) groups excluding carboxylic acids is 4. The Bertz CT molecular complexity index is 3880. The highest BCUT2D eigenvalue weighted by Gasteiger charge is 2.30. The van der Waals surface area contributed by atoms with Crippen LogP contribution in [0.2, 0.25) is 0 Å². The van der Waals surface area contributed by atoms with Gasteiger partial charge < -0.3 is 81.7 Å². The van der Waals surface area contributed by atoms with Crippen molar-refractivity contribution in [2.45, 2.75) is 167 Å². The molecule has 6 aromatic rings. The first-order valence-electron chi connectivity index (χ1n) is 36.9. The smallest absolute Gasteiger partial charge is 0.407 e. The molecule has 31 heteroatoms. The number of alkyl carbamates (subject to hydrolysis) is 1. The van der Waals surface area contributed by atoms with Gasteiger partial charge in [0.15, 0.2) is 0 Å². The predicted molar refractivity (Wildman–Crippen MR) is 419 cm³/mol. The van der Waals surface area contributed by atoms with Crippen LogP contribution in [-0.4, -0.2) is 185 Å². The molecular weight excluding hydrogens is 1570 g/mol. The van der Waals surface area contributed by atoms with Gasteiger partial charge in [-0.05, 0) is 195 Å². The van der Waals surface area contributed by atoms with Crippen molar-refractivity contribution in [2.75, 3.05) is 85.5 Å². The van der Waals surface area contributed by atoms with Crippen LogP contribution in [0.1, 0.15) is 126 Å². The number of fused-ring (bicyclic) bond motifs is 1. The molecule has 6 aromatic carbocycles. The average molecular weight is 1680 g/mol. The van der Waals surface area contributed by atoms with E-state index in [0.717, 1.165) is 75.6 Å². The molecule has 23 nitrogen and oxygen atoms in total. The van der Waals surface area contributed by atoms with Gasteiger partial charge in [0.1, 0.15) is 57.8 Å². The molecule has 0 aromatic heterocycles. The zero-order valence-electron chi connectivity index (χ0n) is 64.0. The summed E-state index contributed by atoms with van der Waals surface area (Å²) in [5, 5.41) is 55.4. The lowest BCUT2D eigenvalue weighted by molar-refractivity contribution is -0.131. The molecule has 1 unspecified atom stereocenters. The van der Waals surface area contributed by atoms with Crippen LogP contribution in [0.3, 0.4) is 0 Å². The first-order chi connectivity index (χ1) is 52.3. The summed E-state index contributed by atoms with van der Waals surface area (Å²) < 4.78 is 132. The lowest BCUT2D eigenvalue weighted by Crippen LogP contribution is -2.52. The van der Waals surface area contributed by atoms with Crippen molar-refractivity contribution in [3.05, 3.63) is 193 Å². The molecule has 7 atom stereocenters. The highest BCUT2D eigenvalue weighted by atomic mass is 127. The van der Waals surface area contributed by atoms with Crippen LogP contribution in [0, 0.1) is 38.5 Å². The second-order valence-corrected chi connectivity index (χ2v) is 30.8. The van der Waals surface area contributed by atoms with Crippen LogP contribution in [0.15, 0.2) is 121 Å². The lowest BCUT2D eigenvalue weighted by Gasteiger charge is -2.30. The molecule has 1 aliphatic heterocycles. The number of urea groups is 2. The van der Waals surface area contributed by atoms with Gasteiger partial charge in [-0.2, -0.15) is 0 Å². The van der Waals surface area contributed by atoms with Crippen LogP contribution < -0.4 is 56.7 Å². The summed E-state index contributed by atoms with van der Waals surface area (Å²) in [7, 11) is -0.407. The molecule has 0 saturated carbocycles. The second-order valence-electron chi connectivity index (χ2n) is 27.5. The number of nitrogens with zero attached hydrogens (tertiary/aromatic N) is 2. The molecule has 7 rings (SSSR count). The molecule has 0 bridgehead atoms. The summed E-state index contributed by atoms with van der Waals surface area (Å²) >= 11 is 2.23. The Labute approximate surface area is 656 Å². The monoisotopic (exact) mass is 1680 g/mol. The zero-order chi connectivity index (χ0) is 80.9. The minimum atomic E-state index is -3.55. The minimum absolute atomic E-state index is 0.00378. The number of carbonyl (C=O) groups is 4. The zero-order valence-corrected chi connectivity index (χ0v) is 67.0. The molecule has 0 radical (unpaired) electrons. The van der Waals surface area contributed by atoms with Crippen molar-refractivity contribution in [3.8, 4) is 17.2 Å². The molecule has 1 aliphatic rings. The standard InChI is InChI=1S/C28H40F2N4O4.C27H40F2N4O5S.C24H29F2IN2O4/c1-4-11-34(12-5-2)27(36)9-10-32-28(37)33-25(16-21-13-22(29)17-23(30)14-21)26(35)19-31-18-20-7-6-8-24(15-20)38-3;1-4-10-33(11-5-2)39(36,37)12-9-31-27(35)32-25(16-21-13-22(28)17-23(29)14-21)26(34)19-30-18-20-7-6-8-24(15-20)38-3;1-24(2,3)33-23(31)29-20(10-14-8-15(25)11-16(26)9-14)21(30)13-28-19-6-7-32-22-5-4-17(27)12-18(19)22/h6-8,13-15,17,25-26,31,35H,4-5,9-12,16,18-19H2,1-3H3,(H2,32,33,37);6-8,13-15,17,25-26,30,34H,4-5,9-12,16,18-19H2,1-3H3,(H2,31,32,35);4-5,8-9,11-12,19-21,28,30H,6-7,10,13H2,1-3H3,(H,29,31)/t2*25-,26+;19?,20-,21+/m000/s1. The number of nitrogens with one attached hydrogen (secondary N) is 8. The quantitative estimate of drug-likeness (QED) is 0.0126. The third-order valence-corrected chi connectivity index (χ3v) is 19.6. The fraction of sp³-hybridized carbons (Fsp3) is 0.494. The molecule has 0 fully saturated rings. The summed E-state index contributed by atoms with van der Waals surface area (Å²) in [6, 6.07) is 26.1. The topological polar surface area (TPSA) is 303 Å². The highest BCUT2D eigenvalue weighted by Crippen LogP contribution is 2.33. The number of methoxy groups -OCH3 is 2. The van der Waals surface area contributed by atoms with E-state index in [4.69, 9.17) is 18.9 Å². The number of hydrogen-bond acceptors (Lipinski definition) is 16. The van der Waals surface area contributed by atoms with Crippen molar-refractivity contribution < 1.29 is 88.2 Å². The highest BCUT2D eigenvalue weighted by molar-refractivity contribution is 14.1. The van der Waals surface area contributed by atoms with Crippen molar-refractivity contribution in [3.63, 3.8) is 0 Å². The minimum Gasteiger partial charge on any atom is -0.497 e. The molecule has 608 valence electrons. The SMILES string of the molecule is CC(C)(C)OC(=O)N[C@@H](Cc1cc(F)cc(F)c1)[C@H](O)CNC1CCOc2ccc(I)cc21.CCCN(CCC)C(=O)CCNC(=O)N[C@@H](Cc1cc(F)cc(F)c1)[C@H](O)CNCc1cccc(OC)c1.CCCN(CCC)S(=O)(=O)CCNC(=O)N[C@@H](Cc1cc(F)cc(F)c1)[C@H](O)CNCc1cccc(OC)c1. The van der Waals surface area contributed by atoms with E-state index in [2.05, 4.69) is 65.1 Å². The van der Waals surface area contributed by atoms with Crippen molar-refractivity contribution in [1.29, 1.82) is 0 Å². The Morgan fingerprint density at radius 2 is 0.991 bits per heavy atom. The molecule has 110 heavy (non-hydrogen) atoms. The molecule has 0 spiro atoms. The number of rotatable bonds is 40. The average Bonchev–Trinajstić information content (AvgIpc) is 0.818. The summed E-state index contributed by atoms with van der Waals surface area (Å²) in [5.74, 6) is -2.58. The van der Waals surface area contributed by atoms with Gasteiger partial charge in [-0.3, -0.25) is 4.79 Å². The number of ether oxygens (including phenoxy) is 4. The lowest BCUT2D eigenvalue weighted by atomic mass is 9.98. The largest absolute Gasteiger partial charge is 0.497 e. The number of aliphatic hydroxyl groups excluding tert-OH is 3. The van der Waals surface area contributed by atoms with Gasteiger partial charge in [0.25, 0.3) is 0 Å². The molecule has 0 saturated heterocycles. The molecule has 0 aliphatic carbocycles. The van der Waals surface area contributed by atoms with Crippen molar-refractivity contribution in [1.82, 2.24) is 51.7 Å². The fourth-order valence-corrected chi connectivity index (χ4v) is 14.0. The summed E-state index contributed by atoms with van der Waals surface area (Å²) in [6.45, 7) is 16.8. The van der Waals surface area contributed by atoms with Crippen LogP contribution in [-0.2, 0) is 51.9 Å². The van der Waals surface area contributed by atoms with E-state index < -0.39 is 105 Å². The number of hydrogen-bond donors (Lipinski definition) is 11. The van der Waals surface area contributed by atoms with Gasteiger partial charge in [0, 0.05) is 118 Å². The van der Waals surface area contributed by atoms with Crippen LogP contribution >= 0.6 is 22.6 Å². The fourth-order valence-electron chi connectivity index (χ4n) is 11.9. The number of amides is 6. The van der Waals surface area contributed by atoms with Crippen LogP contribution in [0.5, 0.6) is 17.2 Å². The Hall–Kier alpha value is -8.02. The van der Waals surface area contributed by atoms with Crippen molar-refractivity contribution in [2.24, 2.45) is 0 Å². The van der Waals surface area contributed by atoms with Gasteiger partial charge in [-0.25, -0.2) is 53.4 Å². The van der Waals surface area contributed by atoms with E-state index in [1.165, 1.54) is 28.6 Å². The Morgan fingerprint density at radius 1 is 0.564 bits per heavy atom. The number of halogens is 7. The van der Waals surface area contributed by atoms with Crippen LogP contribution in [0.25, 0.3) is 0 Å². The summed E-state index contributed by atoms with van der Waals surface area (Å²) in [6.07, 6.45) is -0.0314. The van der Waals surface area contributed by atoms with Crippen LogP contribution in [0.4, 0.5) is 40.7 Å². The number of aliphatic hydroxyl groups is 3. The van der Waals surface area contributed by atoms with Gasteiger partial charge in [-0.15, -0.1) is 0 Å². The number of sulfonamides is 1. The first-order valence-corrected chi connectivity index (χ1v) is 39.6. The van der Waals surface area contributed by atoms with E-state index in [0.29, 0.717) is 81.3 Å². The van der Waals surface area contributed by atoms with Gasteiger partial charge in [0.2, 0.25) is 15.9 Å². The van der Waals surface area contributed by atoms with E-state index in [1.807, 2.05) is 94.4 Å². The maximum atomic E-state index is 13.8. The van der Waals surface area contributed by atoms with Gasteiger partial charge >= 0.3 is 18.2 Å². The molecule has 6 amide bonds. The summed E-state index contributed by atoms with van der Waals surface area (Å²) in [4.78, 5) is 51.8. The van der Waals surface area contributed by atoms with E-state index in [1.54, 1.807) is 39.9 Å². The third-order valence-electron chi connectivity index (χ3n) is 17.0. The van der Waals surface area contributed by atoms with E-state index in [-0.39, 0.29) is 81.7 Å².